The summed E-state index contributed by atoms with van der Waals surface area (Å²) in [6.45, 7) is 4.27. The lowest BCUT2D eigenvalue weighted by atomic mass is 9.96. The van der Waals surface area contributed by atoms with Crippen molar-refractivity contribution in [3.8, 4) is 0 Å². The molecular formula is C40H24N4. The molecule has 4 heteroatoms. The van der Waals surface area contributed by atoms with E-state index in [0.717, 1.165) is 87.6 Å². The van der Waals surface area contributed by atoms with Crippen molar-refractivity contribution in [2.45, 2.75) is 13.8 Å². The van der Waals surface area contributed by atoms with Crippen LogP contribution in [0, 0.1) is 13.8 Å². The zero-order valence-electron chi connectivity index (χ0n) is 24.2. The van der Waals surface area contributed by atoms with Gasteiger partial charge in [-0.2, -0.15) is 0 Å². The third-order valence-corrected chi connectivity index (χ3v) is 9.37. The van der Waals surface area contributed by atoms with Crippen molar-refractivity contribution in [3.63, 3.8) is 0 Å². The lowest BCUT2D eigenvalue weighted by Crippen LogP contribution is -1.97. The van der Waals surface area contributed by atoms with Gasteiger partial charge in [0.15, 0.2) is 0 Å². The van der Waals surface area contributed by atoms with Gasteiger partial charge >= 0.3 is 0 Å². The first-order valence-corrected chi connectivity index (χ1v) is 15.0. The van der Waals surface area contributed by atoms with Crippen LogP contribution in [0.4, 0.5) is 0 Å². The Hall–Kier alpha value is -5.74. The average molecular weight is 561 g/mol. The predicted molar refractivity (Wildman–Crippen MR) is 185 cm³/mol. The van der Waals surface area contributed by atoms with Crippen molar-refractivity contribution in [2.75, 3.05) is 0 Å². The molecule has 0 atom stereocenters. The fourth-order valence-electron chi connectivity index (χ4n) is 7.36. The summed E-state index contributed by atoms with van der Waals surface area (Å²) in [6.07, 6.45) is 0. The maximum Gasteiger partial charge on any atom is 0.0979 e. The first-order valence-electron chi connectivity index (χ1n) is 15.0. The molecule has 0 aliphatic heterocycles. The molecule has 0 radical (unpaired) electrons. The van der Waals surface area contributed by atoms with E-state index in [1.54, 1.807) is 0 Å². The van der Waals surface area contributed by atoms with Gasteiger partial charge in [0.05, 0.1) is 44.1 Å². The molecule has 0 amide bonds. The van der Waals surface area contributed by atoms with Crippen molar-refractivity contribution in [1.29, 1.82) is 0 Å². The highest BCUT2D eigenvalue weighted by Crippen LogP contribution is 2.40. The maximum atomic E-state index is 5.44. The van der Waals surface area contributed by atoms with Crippen LogP contribution in [0.15, 0.2) is 109 Å². The van der Waals surface area contributed by atoms with E-state index in [0.29, 0.717) is 0 Å². The molecule has 204 valence electrons. The topological polar surface area (TPSA) is 51.6 Å². The van der Waals surface area contributed by atoms with Crippen LogP contribution in [0.1, 0.15) is 11.1 Å². The lowest BCUT2D eigenvalue weighted by Gasteiger charge is -2.15. The Labute approximate surface area is 251 Å². The number of nitrogens with zero attached hydrogens (tertiary/aromatic N) is 4. The highest BCUT2D eigenvalue weighted by molar-refractivity contribution is 6.27. The zero-order chi connectivity index (χ0) is 29.1. The van der Waals surface area contributed by atoms with Crippen LogP contribution in [0.2, 0.25) is 0 Å². The molecule has 2 heterocycles. The highest BCUT2D eigenvalue weighted by Gasteiger charge is 2.19. The second kappa shape index (κ2) is 8.42. The molecule has 4 nitrogen and oxygen atoms in total. The molecule has 0 unspecified atom stereocenters. The second-order valence-corrected chi connectivity index (χ2v) is 11.9. The predicted octanol–water partition coefficient (Wildman–Crippen LogP) is 10.3. The van der Waals surface area contributed by atoms with Crippen molar-refractivity contribution in [1.82, 2.24) is 19.9 Å². The first kappa shape index (κ1) is 23.8. The summed E-state index contributed by atoms with van der Waals surface area (Å²) >= 11 is 0. The average Bonchev–Trinajstić information content (AvgIpc) is 3.08. The van der Waals surface area contributed by atoms with Crippen LogP contribution in [0.5, 0.6) is 0 Å². The van der Waals surface area contributed by atoms with Crippen LogP contribution < -0.4 is 0 Å². The van der Waals surface area contributed by atoms with E-state index in [4.69, 9.17) is 19.9 Å². The number of benzene rings is 8. The Morgan fingerprint density at radius 1 is 0.273 bits per heavy atom. The molecule has 10 rings (SSSR count). The van der Waals surface area contributed by atoms with E-state index in [1.165, 1.54) is 21.5 Å². The minimum Gasteiger partial charge on any atom is -0.244 e. The molecule has 10 aromatic rings. The monoisotopic (exact) mass is 560 g/mol. The SMILES string of the molecule is Cc1cc2c(cc(C)c3nc4c5ccccc5c5ccccc5c4nc32)c2nc3c4ccccc4c4ccccc4c3nc12. The summed E-state index contributed by atoms with van der Waals surface area (Å²) in [5.41, 5.74) is 9.56. The standard InChI is InChI=1S/C40H24N4/c1-21-19-31-32(39-33(21)41-35-27-15-7-3-11-23(27)25-13-5-9-17-29(25)37(35)43-39)20-22(2)34-40(31)44-38-30-18-10-6-14-26(30)24-12-4-8-16-28(24)36(38)42-34/h3-20H,1-2H3. The zero-order valence-corrected chi connectivity index (χ0v) is 24.2. The van der Waals surface area contributed by atoms with E-state index in [2.05, 4.69) is 123 Å². The highest BCUT2D eigenvalue weighted by atomic mass is 14.8. The summed E-state index contributed by atoms with van der Waals surface area (Å²) in [5, 5.41) is 11.4. The van der Waals surface area contributed by atoms with Gasteiger partial charge in [-0.05, 0) is 58.7 Å². The molecule has 2 aromatic heterocycles. The van der Waals surface area contributed by atoms with Crippen LogP contribution in [0.25, 0.3) is 98.0 Å². The molecule has 0 saturated heterocycles. The third-order valence-electron chi connectivity index (χ3n) is 9.37. The Kier molecular flexibility index (Phi) is 4.55. The van der Waals surface area contributed by atoms with E-state index in [1.807, 2.05) is 0 Å². The van der Waals surface area contributed by atoms with Gasteiger partial charge in [0, 0.05) is 32.3 Å². The van der Waals surface area contributed by atoms with Gasteiger partial charge in [0.25, 0.3) is 0 Å². The van der Waals surface area contributed by atoms with Crippen molar-refractivity contribution >= 4 is 98.0 Å². The number of aromatic nitrogens is 4. The van der Waals surface area contributed by atoms with Crippen LogP contribution in [-0.4, -0.2) is 19.9 Å². The van der Waals surface area contributed by atoms with Crippen LogP contribution in [0.3, 0.4) is 0 Å². The molecule has 0 spiro atoms. The molecule has 0 N–H and O–H groups in total. The maximum absolute atomic E-state index is 5.44. The smallest absolute Gasteiger partial charge is 0.0979 e. The number of fused-ring (bicyclic) bond motifs is 17. The number of rotatable bonds is 0. The third kappa shape index (κ3) is 3.02. The van der Waals surface area contributed by atoms with Gasteiger partial charge in [0.2, 0.25) is 0 Å². The van der Waals surface area contributed by atoms with E-state index >= 15 is 0 Å². The summed E-state index contributed by atoms with van der Waals surface area (Å²) in [5.74, 6) is 0. The summed E-state index contributed by atoms with van der Waals surface area (Å²) in [6, 6.07) is 38.6. The summed E-state index contributed by atoms with van der Waals surface area (Å²) in [4.78, 5) is 21.6. The molecule has 0 aliphatic carbocycles. The van der Waals surface area contributed by atoms with Gasteiger partial charge in [-0.15, -0.1) is 0 Å². The van der Waals surface area contributed by atoms with Gasteiger partial charge < -0.3 is 0 Å². The minimum atomic E-state index is 0.906. The fourth-order valence-corrected chi connectivity index (χ4v) is 7.36. The van der Waals surface area contributed by atoms with E-state index in [9.17, 15) is 0 Å². The molecule has 0 aliphatic rings. The molecular weight excluding hydrogens is 536 g/mol. The summed E-state index contributed by atoms with van der Waals surface area (Å²) in [7, 11) is 0. The van der Waals surface area contributed by atoms with Gasteiger partial charge in [-0.25, -0.2) is 19.9 Å². The second-order valence-electron chi connectivity index (χ2n) is 11.9. The minimum absolute atomic E-state index is 0.906. The van der Waals surface area contributed by atoms with Gasteiger partial charge in [-0.1, -0.05) is 97.1 Å². The van der Waals surface area contributed by atoms with Crippen LogP contribution in [-0.2, 0) is 0 Å². The van der Waals surface area contributed by atoms with Gasteiger partial charge in [0.1, 0.15) is 0 Å². The molecule has 0 saturated carbocycles. The van der Waals surface area contributed by atoms with Crippen molar-refractivity contribution in [3.05, 3.63) is 120 Å². The first-order chi connectivity index (χ1) is 21.7. The van der Waals surface area contributed by atoms with E-state index < -0.39 is 0 Å². The van der Waals surface area contributed by atoms with E-state index in [-0.39, 0.29) is 0 Å². The lowest BCUT2D eigenvalue weighted by molar-refractivity contribution is 1.37. The number of aryl methyl sites for hydroxylation is 2. The van der Waals surface area contributed by atoms with Crippen LogP contribution >= 0.6 is 0 Å². The Morgan fingerprint density at radius 2 is 0.500 bits per heavy atom. The Morgan fingerprint density at radius 3 is 0.795 bits per heavy atom. The Balaban J connectivity index is 1.41. The number of hydrogen-bond donors (Lipinski definition) is 0. The van der Waals surface area contributed by atoms with Crippen molar-refractivity contribution in [2.24, 2.45) is 0 Å². The molecule has 44 heavy (non-hydrogen) atoms. The summed E-state index contributed by atoms with van der Waals surface area (Å²) < 4.78 is 0. The van der Waals surface area contributed by atoms with Crippen molar-refractivity contribution < 1.29 is 0 Å². The normalized spacial score (nSPS) is 12.3. The molecule has 0 bridgehead atoms. The molecule has 8 aromatic carbocycles. The largest absolute Gasteiger partial charge is 0.244 e. The molecule has 0 fully saturated rings. The quantitative estimate of drug-likeness (QED) is 0.137. The fraction of sp³-hybridized carbons (Fsp3) is 0.0500. The Bertz CT molecular complexity index is 2710. The number of hydrogen-bond acceptors (Lipinski definition) is 4. The van der Waals surface area contributed by atoms with Gasteiger partial charge in [-0.3, -0.25) is 0 Å².